The molecular weight excluding hydrogens is 472 g/mol. The zero-order valence-electron chi connectivity index (χ0n) is 25.7. The van der Waals surface area contributed by atoms with E-state index in [1.165, 1.54) is 0 Å². The third kappa shape index (κ3) is 3.77. The molecule has 4 heteroatoms. The Morgan fingerprint density at radius 3 is 2.32 bits per heavy atom. The highest BCUT2D eigenvalue weighted by Crippen LogP contribution is 2.75. The van der Waals surface area contributed by atoms with Crippen LogP contribution >= 0.6 is 0 Å². The lowest BCUT2D eigenvalue weighted by atomic mass is 9.33. The van der Waals surface area contributed by atoms with Crippen LogP contribution in [-0.4, -0.2) is 35.0 Å². The van der Waals surface area contributed by atoms with E-state index in [2.05, 4.69) is 61.5 Å². The summed E-state index contributed by atoms with van der Waals surface area (Å²) in [4.78, 5) is 13.9. The minimum atomic E-state index is -0.664. The Morgan fingerprint density at radius 1 is 0.947 bits per heavy atom. The van der Waals surface area contributed by atoms with Gasteiger partial charge >= 0.3 is 5.97 Å². The summed E-state index contributed by atoms with van der Waals surface area (Å²) in [7, 11) is 0. The lowest BCUT2D eigenvalue weighted by Crippen LogP contribution is -2.67. The minimum Gasteiger partial charge on any atom is -0.465 e. The Bertz CT molecular complexity index is 981. The van der Waals surface area contributed by atoms with Crippen LogP contribution in [0.25, 0.3) is 0 Å². The number of carbonyl (C=O) groups excluding carboxylic acids is 1. The van der Waals surface area contributed by atoms with Crippen LogP contribution in [0.3, 0.4) is 0 Å². The van der Waals surface area contributed by atoms with Crippen LogP contribution in [0.1, 0.15) is 126 Å². The Hall–Kier alpha value is -0.870. The van der Waals surface area contributed by atoms with E-state index in [9.17, 15) is 15.0 Å². The summed E-state index contributed by atoms with van der Waals surface area (Å²) >= 11 is 0. The van der Waals surface area contributed by atoms with Crippen LogP contribution < -0.4 is 0 Å². The van der Waals surface area contributed by atoms with Gasteiger partial charge in [-0.15, -0.1) is 0 Å². The Labute approximate surface area is 232 Å². The number of hydrogen-bond acceptors (Lipinski definition) is 4. The predicted octanol–water partition coefficient (Wildman–Crippen LogP) is 7.46. The number of aliphatic hydroxyl groups excluding tert-OH is 2. The molecule has 0 unspecified atom stereocenters. The summed E-state index contributed by atoms with van der Waals surface area (Å²) in [6.45, 7) is 19.4. The van der Waals surface area contributed by atoms with Gasteiger partial charge in [0.05, 0.1) is 24.2 Å². The van der Waals surface area contributed by atoms with Crippen molar-refractivity contribution in [3.63, 3.8) is 0 Å². The highest BCUT2D eigenvalue weighted by molar-refractivity contribution is 5.78. The number of hydrogen-bond donors (Lipinski definition) is 2. The van der Waals surface area contributed by atoms with Gasteiger partial charge in [0, 0.05) is 0 Å². The maximum atomic E-state index is 13.9. The number of aliphatic hydroxyl groups is 2. The fraction of sp³-hybridized carbons (Fsp3) is 0.912. The molecule has 216 valence electrons. The van der Waals surface area contributed by atoms with Crippen molar-refractivity contribution in [3.05, 3.63) is 11.6 Å². The third-order valence-electron chi connectivity index (χ3n) is 13.7. The standard InChI is InChI=1S/C34H56O4/c1-9-10-19-38-28(37)34-17-15-29(2,3)20-23(34)22-11-12-26-31(6)21-24(35)27(36)30(4,5)25(31)13-14-33(26,8)32(22,7)16-18-34/h11,23-27,35-36H,9-10,12-21H2,1-8H3/t23-,24+,25-,26+,27-,31-,32+,33+,34-/m0/s1. The molecule has 38 heavy (non-hydrogen) atoms. The fourth-order valence-corrected chi connectivity index (χ4v) is 11.2. The van der Waals surface area contributed by atoms with Gasteiger partial charge in [0.25, 0.3) is 0 Å². The molecule has 0 amide bonds. The van der Waals surface area contributed by atoms with Crippen LogP contribution in [0.5, 0.6) is 0 Å². The lowest BCUT2D eigenvalue weighted by molar-refractivity contribution is -0.232. The molecule has 9 atom stereocenters. The topological polar surface area (TPSA) is 66.8 Å². The molecule has 0 aromatic rings. The van der Waals surface area contributed by atoms with Crippen molar-refractivity contribution in [1.82, 2.24) is 0 Å². The lowest BCUT2D eigenvalue weighted by Gasteiger charge is -2.71. The molecule has 0 radical (unpaired) electrons. The van der Waals surface area contributed by atoms with Gasteiger partial charge in [0.2, 0.25) is 0 Å². The van der Waals surface area contributed by atoms with E-state index in [0.29, 0.717) is 24.9 Å². The summed E-state index contributed by atoms with van der Waals surface area (Å²) < 4.78 is 6.01. The molecule has 5 aliphatic rings. The van der Waals surface area contributed by atoms with Gasteiger partial charge in [-0.2, -0.15) is 0 Å². The predicted molar refractivity (Wildman–Crippen MR) is 152 cm³/mol. The maximum Gasteiger partial charge on any atom is 0.312 e. The van der Waals surface area contributed by atoms with E-state index in [4.69, 9.17) is 4.74 Å². The molecule has 0 aromatic heterocycles. The second-order valence-electron chi connectivity index (χ2n) is 16.4. The van der Waals surface area contributed by atoms with Crippen molar-refractivity contribution < 1.29 is 19.7 Å². The average molecular weight is 529 g/mol. The van der Waals surface area contributed by atoms with E-state index in [0.717, 1.165) is 64.2 Å². The van der Waals surface area contributed by atoms with Crippen molar-refractivity contribution in [1.29, 1.82) is 0 Å². The Kier molecular flexibility index (Phi) is 6.84. The van der Waals surface area contributed by atoms with Crippen LogP contribution in [-0.2, 0) is 9.53 Å². The van der Waals surface area contributed by atoms with E-state index in [1.54, 1.807) is 5.57 Å². The monoisotopic (exact) mass is 528 g/mol. The van der Waals surface area contributed by atoms with Gasteiger partial charge in [-0.1, -0.05) is 73.5 Å². The number of unbranched alkanes of at least 4 members (excludes halogenated alkanes) is 1. The minimum absolute atomic E-state index is 0.0142. The molecule has 4 fully saturated rings. The molecular formula is C34H56O4. The quantitative estimate of drug-likeness (QED) is 0.226. The van der Waals surface area contributed by atoms with Gasteiger partial charge in [0.1, 0.15) is 0 Å². The van der Waals surface area contributed by atoms with Gasteiger partial charge in [-0.3, -0.25) is 4.79 Å². The first-order valence-electron chi connectivity index (χ1n) is 15.8. The number of fused-ring (bicyclic) bond motifs is 7. The van der Waals surface area contributed by atoms with Crippen LogP contribution in [0.4, 0.5) is 0 Å². The molecule has 5 aliphatic carbocycles. The van der Waals surface area contributed by atoms with Gasteiger partial charge in [-0.05, 0) is 109 Å². The molecule has 2 N–H and O–H groups in total. The van der Waals surface area contributed by atoms with Gasteiger partial charge in [0.15, 0.2) is 0 Å². The molecule has 0 heterocycles. The van der Waals surface area contributed by atoms with E-state index < -0.39 is 12.2 Å². The van der Waals surface area contributed by atoms with Crippen molar-refractivity contribution in [2.45, 2.75) is 138 Å². The first-order chi connectivity index (χ1) is 17.6. The first kappa shape index (κ1) is 28.7. The molecule has 4 saturated carbocycles. The number of carbonyl (C=O) groups is 1. The Balaban J connectivity index is 1.55. The summed E-state index contributed by atoms with van der Waals surface area (Å²) in [6.07, 6.45) is 12.3. The second-order valence-corrected chi connectivity index (χ2v) is 16.4. The van der Waals surface area contributed by atoms with Crippen molar-refractivity contribution in [3.8, 4) is 0 Å². The zero-order valence-corrected chi connectivity index (χ0v) is 25.7. The smallest absolute Gasteiger partial charge is 0.312 e. The van der Waals surface area contributed by atoms with Crippen LogP contribution in [0, 0.1) is 50.2 Å². The second kappa shape index (κ2) is 9.07. The highest BCUT2D eigenvalue weighted by atomic mass is 16.5. The zero-order chi connectivity index (χ0) is 27.9. The van der Waals surface area contributed by atoms with Crippen molar-refractivity contribution in [2.24, 2.45) is 50.2 Å². The van der Waals surface area contributed by atoms with E-state index in [-0.39, 0.29) is 44.4 Å². The normalized spacial score (nSPS) is 49.0. The highest BCUT2D eigenvalue weighted by Gasteiger charge is 2.70. The van der Waals surface area contributed by atoms with E-state index in [1.807, 2.05) is 0 Å². The van der Waals surface area contributed by atoms with Gasteiger partial charge < -0.3 is 14.9 Å². The first-order valence-corrected chi connectivity index (χ1v) is 15.8. The summed E-state index contributed by atoms with van der Waals surface area (Å²) in [5.41, 5.74) is 1.26. The fourth-order valence-electron chi connectivity index (χ4n) is 11.2. The molecule has 0 saturated heterocycles. The van der Waals surface area contributed by atoms with E-state index >= 15 is 0 Å². The molecule has 5 rings (SSSR count). The summed E-state index contributed by atoms with van der Waals surface area (Å²) in [5, 5.41) is 22.1. The summed E-state index contributed by atoms with van der Waals surface area (Å²) in [6, 6.07) is 0. The molecule has 0 spiro atoms. The van der Waals surface area contributed by atoms with Crippen molar-refractivity contribution in [2.75, 3.05) is 6.61 Å². The number of ether oxygens (including phenoxy) is 1. The Morgan fingerprint density at radius 2 is 1.63 bits per heavy atom. The van der Waals surface area contributed by atoms with Gasteiger partial charge in [-0.25, -0.2) is 0 Å². The van der Waals surface area contributed by atoms with Crippen LogP contribution in [0.2, 0.25) is 0 Å². The number of rotatable bonds is 4. The third-order valence-corrected chi connectivity index (χ3v) is 13.7. The molecule has 4 nitrogen and oxygen atoms in total. The SMILES string of the molecule is CCCCOC(=O)[C@]12CCC(C)(C)C[C@H]1C1=CC[C@@H]3[C@@]4(C)C[C@@H](O)[C@H](O)C(C)(C)[C@@H]4CC[C@@]3(C)[C@]1(C)CC2. The maximum absolute atomic E-state index is 13.9. The van der Waals surface area contributed by atoms with Crippen LogP contribution in [0.15, 0.2) is 11.6 Å². The van der Waals surface area contributed by atoms with Crippen molar-refractivity contribution >= 4 is 5.97 Å². The molecule has 0 bridgehead atoms. The molecule has 0 aliphatic heterocycles. The largest absolute Gasteiger partial charge is 0.465 e. The number of allylic oxidation sites excluding steroid dienone is 2. The number of esters is 1. The summed E-state index contributed by atoms with van der Waals surface area (Å²) in [5.74, 6) is 1.19. The molecule has 0 aromatic carbocycles. The average Bonchev–Trinajstić information content (AvgIpc) is 2.83.